The van der Waals surface area contributed by atoms with Gasteiger partial charge in [-0.25, -0.2) is 8.78 Å². The Morgan fingerprint density at radius 1 is 1.27 bits per heavy atom. The minimum Gasteiger partial charge on any atom is -0.395 e. The SMILES string of the molecule is CC(CCBr)CCN(CCO)CC(F)F. The van der Waals surface area contributed by atoms with Gasteiger partial charge in [-0.1, -0.05) is 22.9 Å². The summed E-state index contributed by atoms with van der Waals surface area (Å²) < 4.78 is 24.3. The van der Waals surface area contributed by atoms with E-state index in [1.165, 1.54) is 0 Å². The van der Waals surface area contributed by atoms with Crippen LogP contribution >= 0.6 is 15.9 Å². The summed E-state index contributed by atoms with van der Waals surface area (Å²) in [5.41, 5.74) is 0. The van der Waals surface area contributed by atoms with Crippen molar-refractivity contribution in [3.63, 3.8) is 0 Å². The maximum Gasteiger partial charge on any atom is 0.251 e. The molecule has 0 fully saturated rings. The van der Waals surface area contributed by atoms with Crippen LogP contribution in [0, 0.1) is 5.92 Å². The van der Waals surface area contributed by atoms with E-state index >= 15 is 0 Å². The third-order valence-electron chi connectivity index (χ3n) is 2.35. The monoisotopic (exact) mass is 287 g/mol. The van der Waals surface area contributed by atoms with E-state index < -0.39 is 6.43 Å². The van der Waals surface area contributed by atoms with Crippen molar-refractivity contribution in [3.05, 3.63) is 0 Å². The normalized spacial score (nSPS) is 13.8. The molecule has 0 saturated heterocycles. The highest BCUT2D eigenvalue weighted by Gasteiger charge is 2.12. The summed E-state index contributed by atoms with van der Waals surface area (Å²) in [7, 11) is 0. The molecule has 1 unspecified atom stereocenters. The molecule has 15 heavy (non-hydrogen) atoms. The van der Waals surface area contributed by atoms with Crippen molar-refractivity contribution < 1.29 is 13.9 Å². The standard InChI is InChI=1S/C10H20BrF2NO/c1-9(2-4-11)3-5-14(6-7-15)8-10(12)13/h9-10,15H,2-8H2,1H3. The van der Waals surface area contributed by atoms with E-state index in [9.17, 15) is 8.78 Å². The van der Waals surface area contributed by atoms with E-state index in [2.05, 4.69) is 22.9 Å². The average Bonchev–Trinajstić information content (AvgIpc) is 2.14. The number of aliphatic hydroxyl groups excluding tert-OH is 1. The van der Waals surface area contributed by atoms with Crippen molar-refractivity contribution in [2.24, 2.45) is 5.92 Å². The lowest BCUT2D eigenvalue weighted by Crippen LogP contribution is -2.33. The second kappa shape index (κ2) is 9.48. The van der Waals surface area contributed by atoms with Crippen molar-refractivity contribution >= 4 is 15.9 Å². The second-order valence-electron chi connectivity index (χ2n) is 3.79. The zero-order chi connectivity index (χ0) is 11.7. The molecule has 0 aliphatic rings. The van der Waals surface area contributed by atoms with Crippen molar-refractivity contribution in [2.45, 2.75) is 26.2 Å². The van der Waals surface area contributed by atoms with Crippen LogP contribution in [-0.4, -0.2) is 48.0 Å². The fourth-order valence-corrected chi connectivity index (χ4v) is 2.15. The Kier molecular flexibility index (Phi) is 9.65. The summed E-state index contributed by atoms with van der Waals surface area (Å²) in [4.78, 5) is 1.62. The Hall–Kier alpha value is 0.260. The predicted octanol–water partition coefficient (Wildman–Crippen LogP) is 2.36. The van der Waals surface area contributed by atoms with Crippen LogP contribution in [0.15, 0.2) is 0 Å². The molecular weight excluding hydrogens is 268 g/mol. The lowest BCUT2D eigenvalue weighted by molar-refractivity contribution is 0.0755. The first kappa shape index (κ1) is 15.3. The fraction of sp³-hybridized carbons (Fsp3) is 1.00. The summed E-state index contributed by atoms with van der Waals surface area (Å²) in [6.07, 6.45) is -0.358. The Labute approximate surface area is 98.8 Å². The number of aliphatic hydroxyl groups is 1. The molecule has 0 aliphatic heterocycles. The van der Waals surface area contributed by atoms with Crippen LogP contribution in [0.1, 0.15) is 19.8 Å². The van der Waals surface area contributed by atoms with Crippen molar-refractivity contribution in [1.29, 1.82) is 0 Å². The number of halogens is 3. The zero-order valence-electron chi connectivity index (χ0n) is 9.13. The number of hydrogen-bond donors (Lipinski definition) is 1. The number of rotatable bonds is 9. The van der Waals surface area contributed by atoms with E-state index in [1.807, 2.05) is 0 Å². The molecule has 0 spiro atoms. The molecule has 0 aliphatic carbocycles. The van der Waals surface area contributed by atoms with Crippen molar-refractivity contribution in [2.75, 3.05) is 31.6 Å². The Balaban J connectivity index is 3.73. The highest BCUT2D eigenvalue weighted by molar-refractivity contribution is 9.09. The van der Waals surface area contributed by atoms with Crippen LogP contribution in [-0.2, 0) is 0 Å². The van der Waals surface area contributed by atoms with E-state index in [4.69, 9.17) is 5.11 Å². The smallest absolute Gasteiger partial charge is 0.251 e. The van der Waals surface area contributed by atoms with Crippen LogP contribution in [0.2, 0.25) is 0 Å². The topological polar surface area (TPSA) is 23.5 Å². The van der Waals surface area contributed by atoms with Gasteiger partial charge in [0.2, 0.25) is 0 Å². The molecule has 0 aromatic heterocycles. The van der Waals surface area contributed by atoms with Gasteiger partial charge in [-0.05, 0) is 25.3 Å². The lowest BCUT2D eigenvalue weighted by Gasteiger charge is -2.22. The van der Waals surface area contributed by atoms with Gasteiger partial charge in [-0.3, -0.25) is 4.90 Å². The summed E-state index contributed by atoms with van der Waals surface area (Å²) >= 11 is 3.35. The largest absolute Gasteiger partial charge is 0.395 e. The highest BCUT2D eigenvalue weighted by atomic mass is 79.9. The third-order valence-corrected chi connectivity index (χ3v) is 2.81. The van der Waals surface area contributed by atoms with Crippen LogP contribution in [0.3, 0.4) is 0 Å². The van der Waals surface area contributed by atoms with Gasteiger partial charge < -0.3 is 5.11 Å². The van der Waals surface area contributed by atoms with E-state index in [-0.39, 0.29) is 13.2 Å². The van der Waals surface area contributed by atoms with Crippen LogP contribution in [0.5, 0.6) is 0 Å². The summed E-state index contributed by atoms with van der Waals surface area (Å²) in [6, 6.07) is 0. The molecule has 0 radical (unpaired) electrons. The molecule has 0 aromatic rings. The minimum absolute atomic E-state index is 0.0560. The van der Waals surface area contributed by atoms with Gasteiger partial charge in [0.1, 0.15) is 0 Å². The van der Waals surface area contributed by atoms with Gasteiger partial charge in [0.25, 0.3) is 6.43 Å². The van der Waals surface area contributed by atoms with Gasteiger partial charge in [0.05, 0.1) is 13.2 Å². The van der Waals surface area contributed by atoms with Crippen LogP contribution < -0.4 is 0 Å². The average molecular weight is 288 g/mol. The van der Waals surface area contributed by atoms with Gasteiger partial charge in [-0.2, -0.15) is 0 Å². The van der Waals surface area contributed by atoms with Gasteiger partial charge in [0.15, 0.2) is 0 Å². The maximum atomic E-state index is 12.1. The quantitative estimate of drug-likeness (QED) is 0.658. The van der Waals surface area contributed by atoms with E-state index in [0.717, 1.165) is 18.2 Å². The molecule has 0 bridgehead atoms. The van der Waals surface area contributed by atoms with Crippen LogP contribution in [0.4, 0.5) is 8.78 Å². The first-order valence-electron chi connectivity index (χ1n) is 5.27. The fourth-order valence-electron chi connectivity index (χ4n) is 1.36. The first-order valence-corrected chi connectivity index (χ1v) is 6.39. The molecule has 0 amide bonds. The molecule has 0 rings (SSSR count). The molecule has 0 saturated carbocycles. The summed E-state index contributed by atoms with van der Waals surface area (Å²) in [5.74, 6) is 0.531. The lowest BCUT2D eigenvalue weighted by atomic mass is 10.1. The molecule has 0 aromatic carbocycles. The molecule has 92 valence electrons. The Bertz CT molecular complexity index is 149. The second-order valence-corrected chi connectivity index (χ2v) is 4.58. The highest BCUT2D eigenvalue weighted by Crippen LogP contribution is 2.10. The molecule has 1 atom stereocenters. The summed E-state index contributed by atoms with van der Waals surface area (Å²) in [6.45, 7) is 2.80. The van der Waals surface area contributed by atoms with Gasteiger partial charge >= 0.3 is 0 Å². The maximum absolute atomic E-state index is 12.1. The number of alkyl halides is 3. The molecule has 5 heteroatoms. The summed E-state index contributed by atoms with van der Waals surface area (Å²) in [5, 5.41) is 9.67. The molecular formula is C10H20BrF2NO. The Morgan fingerprint density at radius 2 is 1.93 bits per heavy atom. The van der Waals surface area contributed by atoms with Crippen molar-refractivity contribution in [1.82, 2.24) is 4.90 Å². The van der Waals surface area contributed by atoms with Crippen molar-refractivity contribution in [3.8, 4) is 0 Å². The van der Waals surface area contributed by atoms with Gasteiger partial charge in [-0.15, -0.1) is 0 Å². The predicted molar refractivity (Wildman–Crippen MR) is 61.7 cm³/mol. The molecule has 1 N–H and O–H groups in total. The molecule has 0 heterocycles. The van der Waals surface area contributed by atoms with Crippen LogP contribution in [0.25, 0.3) is 0 Å². The zero-order valence-corrected chi connectivity index (χ0v) is 10.7. The Morgan fingerprint density at radius 3 is 2.40 bits per heavy atom. The minimum atomic E-state index is -2.32. The number of hydrogen-bond acceptors (Lipinski definition) is 2. The van der Waals surface area contributed by atoms with Gasteiger partial charge in [0, 0.05) is 11.9 Å². The van der Waals surface area contributed by atoms with E-state index in [0.29, 0.717) is 19.0 Å². The third kappa shape index (κ3) is 9.20. The molecule has 2 nitrogen and oxygen atoms in total. The first-order chi connectivity index (χ1) is 7.10. The van der Waals surface area contributed by atoms with E-state index in [1.54, 1.807) is 4.90 Å². The number of nitrogens with zero attached hydrogens (tertiary/aromatic N) is 1.